The summed E-state index contributed by atoms with van der Waals surface area (Å²) in [6.07, 6.45) is 6.41. The van der Waals surface area contributed by atoms with Gasteiger partial charge >= 0.3 is 6.09 Å². The molecule has 1 N–H and O–H groups in total. The van der Waals surface area contributed by atoms with Crippen LogP contribution in [0.15, 0.2) is 18.2 Å². The highest BCUT2D eigenvalue weighted by atomic mass is 16.6. The Labute approximate surface area is 192 Å². The summed E-state index contributed by atoms with van der Waals surface area (Å²) in [5.41, 5.74) is 0.705. The fourth-order valence-electron chi connectivity index (χ4n) is 4.73. The van der Waals surface area contributed by atoms with Crippen LogP contribution >= 0.6 is 0 Å². The normalized spacial score (nSPS) is 24.2. The van der Waals surface area contributed by atoms with Crippen LogP contribution in [0.3, 0.4) is 0 Å². The smallest absolute Gasteiger partial charge is 0.407 e. The number of ether oxygens (including phenoxy) is 4. The van der Waals surface area contributed by atoms with Gasteiger partial charge in [-0.15, -0.1) is 0 Å². The first-order valence-corrected chi connectivity index (χ1v) is 11.8. The van der Waals surface area contributed by atoms with E-state index in [2.05, 4.69) is 16.3 Å². The van der Waals surface area contributed by atoms with Crippen molar-refractivity contribution in [2.24, 2.45) is 0 Å². The molecule has 1 heterocycles. The number of methoxy groups -OCH3 is 2. The highest BCUT2D eigenvalue weighted by molar-refractivity contribution is 5.68. The Bertz CT molecular complexity index is 748. The predicted octanol–water partition coefficient (Wildman–Crippen LogP) is 4.17. The summed E-state index contributed by atoms with van der Waals surface area (Å²) >= 11 is 0. The van der Waals surface area contributed by atoms with Gasteiger partial charge < -0.3 is 24.3 Å². The molecule has 3 rings (SSSR count). The quantitative estimate of drug-likeness (QED) is 0.644. The van der Waals surface area contributed by atoms with Crippen LogP contribution in [0.2, 0.25) is 0 Å². The third-order valence-corrected chi connectivity index (χ3v) is 6.25. The summed E-state index contributed by atoms with van der Waals surface area (Å²) in [4.78, 5) is 14.6. The number of nitrogens with zero attached hydrogens (tertiary/aromatic N) is 1. The molecule has 0 spiro atoms. The van der Waals surface area contributed by atoms with Crippen molar-refractivity contribution in [2.75, 3.05) is 33.9 Å². The average Bonchev–Trinajstić information content (AvgIpc) is 3.20. The van der Waals surface area contributed by atoms with Crippen LogP contribution in [-0.2, 0) is 15.9 Å². The Hall–Kier alpha value is -1.99. The summed E-state index contributed by atoms with van der Waals surface area (Å²) < 4.78 is 22.5. The summed E-state index contributed by atoms with van der Waals surface area (Å²) in [5, 5.41) is 3.04. The largest absolute Gasteiger partial charge is 0.493 e. The zero-order valence-corrected chi connectivity index (χ0v) is 20.3. The SMILES string of the molecule is COc1ccc(CCOC2CCCC[C@H]2N2CC[C@@H](NC(=O)OC(C)(C)C)C2)cc1OC. The van der Waals surface area contributed by atoms with Crippen LogP contribution in [-0.4, -0.2) is 68.7 Å². The minimum Gasteiger partial charge on any atom is -0.493 e. The van der Waals surface area contributed by atoms with Crippen molar-refractivity contribution in [3.05, 3.63) is 23.8 Å². The maximum Gasteiger partial charge on any atom is 0.407 e. The molecule has 2 aliphatic rings. The van der Waals surface area contributed by atoms with Gasteiger partial charge in [0.15, 0.2) is 11.5 Å². The molecule has 1 aliphatic heterocycles. The second-order valence-electron chi connectivity index (χ2n) is 9.83. The molecule has 1 aromatic rings. The molecule has 7 nitrogen and oxygen atoms in total. The number of carbonyl (C=O) groups is 1. The maximum absolute atomic E-state index is 12.1. The second kappa shape index (κ2) is 11.2. The number of carbonyl (C=O) groups excluding carboxylic acids is 1. The van der Waals surface area contributed by atoms with Crippen LogP contribution in [0.1, 0.15) is 58.4 Å². The number of hydrogen-bond acceptors (Lipinski definition) is 6. The Morgan fingerprint density at radius 2 is 1.84 bits per heavy atom. The van der Waals surface area contributed by atoms with Crippen LogP contribution in [0.25, 0.3) is 0 Å². The number of likely N-dealkylation sites (tertiary alicyclic amines) is 1. The molecule has 0 bridgehead atoms. The van der Waals surface area contributed by atoms with Gasteiger partial charge in [0.05, 0.1) is 26.9 Å². The van der Waals surface area contributed by atoms with Crippen molar-refractivity contribution >= 4 is 6.09 Å². The van der Waals surface area contributed by atoms with Crippen molar-refractivity contribution in [2.45, 2.75) is 83.1 Å². The molecule has 0 radical (unpaired) electrons. The summed E-state index contributed by atoms with van der Waals surface area (Å²) in [5.74, 6) is 1.49. The minimum atomic E-state index is -0.474. The molecule has 2 fully saturated rings. The van der Waals surface area contributed by atoms with Gasteiger partial charge in [-0.3, -0.25) is 4.90 Å². The zero-order chi connectivity index (χ0) is 23.1. The molecule has 0 aromatic heterocycles. The molecular weight excluding hydrogens is 408 g/mol. The van der Waals surface area contributed by atoms with Crippen LogP contribution < -0.4 is 14.8 Å². The van der Waals surface area contributed by atoms with E-state index in [1.807, 2.05) is 32.9 Å². The standard InChI is InChI=1S/C25H40N2O5/c1-25(2,3)32-24(28)26-19-12-14-27(17-19)20-8-6-7-9-21(20)31-15-13-18-10-11-22(29-4)23(16-18)30-5/h10-11,16,19-21H,6-9,12-15,17H2,1-5H3,(H,26,28)/t19-,20-,21?/m1/s1. The van der Waals surface area contributed by atoms with Crippen LogP contribution in [0.4, 0.5) is 4.79 Å². The summed E-state index contributed by atoms with van der Waals surface area (Å²) in [6, 6.07) is 6.59. The molecule has 1 saturated heterocycles. The molecule has 1 unspecified atom stereocenters. The minimum absolute atomic E-state index is 0.138. The van der Waals surface area contributed by atoms with Crippen molar-refractivity contribution in [1.82, 2.24) is 10.2 Å². The number of alkyl carbamates (subject to hydrolysis) is 1. The lowest BCUT2D eigenvalue weighted by Crippen LogP contribution is -2.47. The van der Waals surface area contributed by atoms with E-state index in [0.29, 0.717) is 12.6 Å². The van der Waals surface area contributed by atoms with E-state index in [-0.39, 0.29) is 18.2 Å². The highest BCUT2D eigenvalue weighted by Crippen LogP contribution is 2.30. The van der Waals surface area contributed by atoms with Gasteiger partial charge in [-0.2, -0.15) is 0 Å². The topological polar surface area (TPSA) is 69.3 Å². The predicted molar refractivity (Wildman–Crippen MR) is 125 cm³/mol. The second-order valence-corrected chi connectivity index (χ2v) is 9.83. The molecule has 7 heteroatoms. The van der Waals surface area contributed by atoms with E-state index in [1.54, 1.807) is 14.2 Å². The van der Waals surface area contributed by atoms with Crippen LogP contribution in [0, 0.1) is 0 Å². The Morgan fingerprint density at radius 1 is 1.09 bits per heavy atom. The fourth-order valence-corrected chi connectivity index (χ4v) is 4.73. The number of hydrogen-bond donors (Lipinski definition) is 1. The first kappa shape index (κ1) is 24.6. The third kappa shape index (κ3) is 7.01. The molecule has 1 saturated carbocycles. The Morgan fingerprint density at radius 3 is 2.56 bits per heavy atom. The lowest BCUT2D eigenvalue weighted by molar-refractivity contribution is -0.0296. The Balaban J connectivity index is 1.49. The van der Waals surface area contributed by atoms with Crippen molar-refractivity contribution in [3.63, 3.8) is 0 Å². The molecule has 1 aromatic carbocycles. The maximum atomic E-state index is 12.1. The number of benzene rings is 1. The third-order valence-electron chi connectivity index (χ3n) is 6.25. The Kier molecular flexibility index (Phi) is 8.65. The molecular formula is C25H40N2O5. The molecule has 32 heavy (non-hydrogen) atoms. The van der Waals surface area contributed by atoms with Gasteiger partial charge in [0.1, 0.15) is 5.60 Å². The van der Waals surface area contributed by atoms with Crippen molar-refractivity contribution < 1.29 is 23.7 Å². The number of nitrogens with one attached hydrogen (secondary N) is 1. The molecule has 3 atom stereocenters. The van der Waals surface area contributed by atoms with E-state index in [0.717, 1.165) is 50.3 Å². The van der Waals surface area contributed by atoms with Crippen LogP contribution in [0.5, 0.6) is 11.5 Å². The van der Waals surface area contributed by atoms with E-state index in [9.17, 15) is 4.79 Å². The summed E-state index contributed by atoms with van der Waals surface area (Å²) in [7, 11) is 3.31. The molecule has 1 aliphatic carbocycles. The van der Waals surface area contributed by atoms with E-state index >= 15 is 0 Å². The number of amides is 1. The monoisotopic (exact) mass is 448 g/mol. The average molecular weight is 449 g/mol. The van der Waals surface area contributed by atoms with E-state index < -0.39 is 5.60 Å². The van der Waals surface area contributed by atoms with Gasteiger partial charge in [0, 0.05) is 25.2 Å². The fraction of sp³-hybridized carbons (Fsp3) is 0.720. The first-order valence-electron chi connectivity index (χ1n) is 11.8. The van der Waals surface area contributed by atoms with E-state index in [1.165, 1.54) is 18.4 Å². The van der Waals surface area contributed by atoms with Gasteiger partial charge in [0.2, 0.25) is 0 Å². The lowest BCUT2D eigenvalue weighted by atomic mass is 9.91. The first-order chi connectivity index (χ1) is 15.3. The van der Waals surface area contributed by atoms with Gasteiger partial charge in [-0.1, -0.05) is 18.9 Å². The van der Waals surface area contributed by atoms with Gasteiger partial charge in [-0.05, 0) is 64.2 Å². The van der Waals surface area contributed by atoms with Crippen molar-refractivity contribution in [1.29, 1.82) is 0 Å². The molecule has 180 valence electrons. The zero-order valence-electron chi connectivity index (χ0n) is 20.3. The number of rotatable bonds is 8. The van der Waals surface area contributed by atoms with Gasteiger partial charge in [-0.25, -0.2) is 4.79 Å². The molecule has 1 amide bonds. The van der Waals surface area contributed by atoms with Gasteiger partial charge in [0.25, 0.3) is 0 Å². The van der Waals surface area contributed by atoms with E-state index in [4.69, 9.17) is 18.9 Å². The summed E-state index contributed by atoms with van der Waals surface area (Å²) in [6.45, 7) is 8.20. The lowest BCUT2D eigenvalue weighted by Gasteiger charge is -2.38. The van der Waals surface area contributed by atoms with Crippen molar-refractivity contribution in [3.8, 4) is 11.5 Å². The highest BCUT2D eigenvalue weighted by Gasteiger charge is 2.36.